The lowest BCUT2D eigenvalue weighted by Gasteiger charge is -2.33. The summed E-state index contributed by atoms with van der Waals surface area (Å²) in [6, 6.07) is 24.3. The van der Waals surface area contributed by atoms with E-state index in [9.17, 15) is 0 Å². The molecule has 0 spiro atoms. The lowest BCUT2D eigenvalue weighted by molar-refractivity contribution is 0.601. The third kappa shape index (κ3) is 2.97. The molecule has 1 unspecified atom stereocenters. The minimum Gasteiger partial charge on any atom is -0.421 e. The first kappa shape index (κ1) is 19.1. The SMILES string of the molecule is CC(C)N(c1cc2ccccc2c2c1o[pH]oc1ccc3ccccc3c12)C(C)C. The first-order valence-corrected chi connectivity index (χ1v) is 11.3. The van der Waals surface area contributed by atoms with E-state index in [4.69, 9.17) is 8.39 Å². The quantitative estimate of drug-likeness (QED) is 0.297. The van der Waals surface area contributed by atoms with E-state index >= 15 is 0 Å². The van der Waals surface area contributed by atoms with Gasteiger partial charge in [0, 0.05) is 22.9 Å². The van der Waals surface area contributed by atoms with Crippen molar-refractivity contribution in [2.75, 3.05) is 4.90 Å². The lowest BCUT2D eigenvalue weighted by Crippen LogP contribution is -2.37. The van der Waals surface area contributed by atoms with Gasteiger partial charge in [-0.15, -0.1) is 0 Å². The molecule has 0 bridgehead atoms. The van der Waals surface area contributed by atoms with Crippen LogP contribution in [0.1, 0.15) is 27.7 Å². The Hall–Kier alpha value is -2.90. The number of rotatable bonds is 3. The fourth-order valence-electron chi connectivity index (χ4n) is 4.71. The number of anilines is 1. The Morgan fingerprint density at radius 3 is 2.03 bits per heavy atom. The van der Waals surface area contributed by atoms with E-state index in [-0.39, 0.29) is 8.67 Å². The average Bonchev–Trinajstić information content (AvgIpc) is 2.93. The first-order chi connectivity index (χ1) is 14.6. The monoisotopic (exact) mass is 415 g/mol. The van der Waals surface area contributed by atoms with Gasteiger partial charge in [0.15, 0.2) is 5.58 Å². The molecule has 0 saturated carbocycles. The van der Waals surface area contributed by atoms with Crippen LogP contribution >= 0.6 is 8.67 Å². The number of fused-ring (bicyclic) bond motifs is 7. The zero-order chi connectivity index (χ0) is 20.8. The molecule has 5 aromatic rings. The molecule has 0 fully saturated rings. The van der Waals surface area contributed by atoms with Crippen molar-refractivity contribution in [2.45, 2.75) is 39.8 Å². The summed E-state index contributed by atoms with van der Waals surface area (Å²) in [6.45, 7) is 8.95. The van der Waals surface area contributed by atoms with E-state index in [0.29, 0.717) is 12.1 Å². The van der Waals surface area contributed by atoms with Gasteiger partial charge in [0.05, 0.1) is 5.69 Å². The van der Waals surface area contributed by atoms with Crippen molar-refractivity contribution >= 4 is 57.8 Å². The van der Waals surface area contributed by atoms with Crippen LogP contribution in [-0.4, -0.2) is 12.1 Å². The van der Waals surface area contributed by atoms with Crippen LogP contribution in [0.4, 0.5) is 5.69 Å². The van der Waals surface area contributed by atoms with Gasteiger partial charge in [-0.2, -0.15) is 0 Å². The van der Waals surface area contributed by atoms with Crippen LogP contribution in [-0.2, 0) is 0 Å². The molecule has 1 atom stereocenters. The van der Waals surface area contributed by atoms with Crippen molar-refractivity contribution in [3.63, 3.8) is 0 Å². The highest BCUT2D eigenvalue weighted by molar-refractivity contribution is 7.15. The number of benzene rings is 4. The highest BCUT2D eigenvalue weighted by Crippen LogP contribution is 2.42. The second kappa shape index (κ2) is 7.41. The van der Waals surface area contributed by atoms with Crippen LogP contribution < -0.4 is 4.90 Å². The van der Waals surface area contributed by atoms with Crippen molar-refractivity contribution < 1.29 is 8.39 Å². The zero-order valence-electron chi connectivity index (χ0n) is 17.8. The van der Waals surface area contributed by atoms with Gasteiger partial charge < -0.3 is 13.3 Å². The molecule has 0 N–H and O–H groups in total. The van der Waals surface area contributed by atoms with E-state index in [1.165, 1.54) is 21.5 Å². The van der Waals surface area contributed by atoms with E-state index < -0.39 is 0 Å². The van der Waals surface area contributed by atoms with Crippen LogP contribution in [0.2, 0.25) is 0 Å². The van der Waals surface area contributed by atoms with E-state index in [1.807, 2.05) is 0 Å². The van der Waals surface area contributed by atoms with Crippen LogP contribution in [0.15, 0.2) is 75.1 Å². The second-order valence-corrected chi connectivity index (χ2v) is 8.94. The molecule has 0 aliphatic rings. The summed E-state index contributed by atoms with van der Waals surface area (Å²) in [5, 5.41) is 7.05. The maximum Gasteiger partial charge on any atom is 0.201 e. The fourth-order valence-corrected chi connectivity index (χ4v) is 5.30. The second-order valence-electron chi connectivity index (χ2n) is 8.36. The maximum absolute atomic E-state index is 6.36. The Bertz CT molecular complexity index is 1410. The fraction of sp³-hybridized carbons (Fsp3) is 0.231. The highest BCUT2D eigenvalue weighted by Gasteiger charge is 2.21. The standard InChI is InChI=1S/C26H26NO2P/c1-16(2)27(17(3)4)22-15-19-10-6-8-12-21(19)25-24-20-11-7-5-9-18(20)13-14-23(24)28-30-29-26(22)25/h5-17,30H,1-4H3. The van der Waals surface area contributed by atoms with Gasteiger partial charge >= 0.3 is 0 Å². The first-order valence-electron chi connectivity index (χ1n) is 10.5. The van der Waals surface area contributed by atoms with Gasteiger partial charge in [-0.1, -0.05) is 54.6 Å². The van der Waals surface area contributed by atoms with Crippen molar-refractivity contribution in [1.82, 2.24) is 0 Å². The summed E-state index contributed by atoms with van der Waals surface area (Å²) >= 11 is 0. The molecule has 1 heterocycles. The Labute approximate surface area is 177 Å². The van der Waals surface area contributed by atoms with Gasteiger partial charge in [0.2, 0.25) is 8.67 Å². The van der Waals surface area contributed by atoms with Crippen LogP contribution in [0, 0.1) is 0 Å². The Balaban J connectivity index is 2.11. The Morgan fingerprint density at radius 2 is 1.33 bits per heavy atom. The molecule has 30 heavy (non-hydrogen) atoms. The van der Waals surface area contributed by atoms with Crippen LogP contribution in [0.25, 0.3) is 43.5 Å². The van der Waals surface area contributed by atoms with Crippen LogP contribution in [0.5, 0.6) is 0 Å². The van der Waals surface area contributed by atoms with E-state index in [1.54, 1.807) is 0 Å². The van der Waals surface area contributed by atoms with Gasteiger partial charge in [-0.25, -0.2) is 0 Å². The molecule has 4 aromatic carbocycles. The minimum atomic E-state index is -0.0794. The smallest absolute Gasteiger partial charge is 0.201 e. The summed E-state index contributed by atoms with van der Waals surface area (Å²) in [5.41, 5.74) is 2.93. The summed E-state index contributed by atoms with van der Waals surface area (Å²) < 4.78 is 12.5. The highest BCUT2D eigenvalue weighted by atomic mass is 31.1. The normalized spacial score (nSPS) is 12.2. The molecule has 5 rings (SSSR count). The van der Waals surface area contributed by atoms with Gasteiger partial charge in [-0.3, -0.25) is 0 Å². The molecule has 0 saturated heterocycles. The summed E-state index contributed by atoms with van der Waals surface area (Å²) in [5.74, 6) is 0. The molecule has 0 amide bonds. The molecule has 0 aliphatic carbocycles. The molecule has 3 nitrogen and oxygen atoms in total. The predicted molar refractivity (Wildman–Crippen MR) is 131 cm³/mol. The van der Waals surface area contributed by atoms with Gasteiger partial charge in [-0.05, 0) is 61.4 Å². The zero-order valence-corrected chi connectivity index (χ0v) is 18.8. The number of nitrogens with zero attached hydrogens (tertiary/aromatic N) is 1. The Kier molecular flexibility index (Phi) is 4.72. The van der Waals surface area contributed by atoms with Crippen LogP contribution in [0.3, 0.4) is 0 Å². The average molecular weight is 415 g/mol. The molecule has 0 aliphatic heterocycles. The Morgan fingerprint density at radius 1 is 0.700 bits per heavy atom. The topological polar surface area (TPSA) is 29.5 Å². The van der Waals surface area contributed by atoms with E-state index in [2.05, 4.69) is 99.3 Å². The molecule has 1 aromatic heterocycles. The molecule has 0 radical (unpaired) electrons. The lowest BCUT2D eigenvalue weighted by atomic mass is 9.97. The summed E-state index contributed by atoms with van der Waals surface area (Å²) in [6.07, 6.45) is 0. The molecule has 4 heteroatoms. The largest absolute Gasteiger partial charge is 0.421 e. The number of hydrogen-bond donors (Lipinski definition) is 0. The van der Waals surface area contributed by atoms with Gasteiger partial charge in [0.25, 0.3) is 0 Å². The summed E-state index contributed by atoms with van der Waals surface area (Å²) in [7, 11) is -0.0794. The molecule has 152 valence electrons. The number of hydrogen-bond acceptors (Lipinski definition) is 3. The van der Waals surface area contributed by atoms with Crippen molar-refractivity contribution in [2.24, 2.45) is 0 Å². The third-order valence-electron chi connectivity index (χ3n) is 5.81. The van der Waals surface area contributed by atoms with Crippen molar-refractivity contribution in [3.05, 3.63) is 66.7 Å². The molecular weight excluding hydrogens is 389 g/mol. The third-order valence-corrected chi connectivity index (χ3v) is 6.40. The van der Waals surface area contributed by atoms with E-state index in [0.717, 1.165) is 27.6 Å². The minimum absolute atomic E-state index is 0.0794. The van der Waals surface area contributed by atoms with Gasteiger partial charge in [0.1, 0.15) is 5.58 Å². The van der Waals surface area contributed by atoms with Crippen molar-refractivity contribution in [3.8, 4) is 0 Å². The molecular formula is C26H26NO2P. The summed E-state index contributed by atoms with van der Waals surface area (Å²) in [4.78, 5) is 2.44. The predicted octanol–water partition coefficient (Wildman–Crippen LogP) is 8.26. The van der Waals surface area contributed by atoms with Crippen molar-refractivity contribution in [1.29, 1.82) is 0 Å². The maximum atomic E-state index is 6.36.